The summed E-state index contributed by atoms with van der Waals surface area (Å²) < 4.78 is 21.1. The van der Waals surface area contributed by atoms with E-state index in [9.17, 15) is 4.39 Å². The summed E-state index contributed by atoms with van der Waals surface area (Å²) in [5.74, 6) is 1.74. The molecule has 4 rings (SSSR count). The monoisotopic (exact) mass is 426 g/mol. The highest BCUT2D eigenvalue weighted by molar-refractivity contribution is 7.99. The van der Waals surface area contributed by atoms with Gasteiger partial charge >= 0.3 is 0 Å². The highest BCUT2D eigenvalue weighted by atomic mass is 35.5. The van der Waals surface area contributed by atoms with Gasteiger partial charge in [-0.05, 0) is 54.6 Å². The number of benzene rings is 2. The van der Waals surface area contributed by atoms with E-state index >= 15 is 0 Å². The first kappa shape index (κ1) is 19.4. The summed E-state index contributed by atoms with van der Waals surface area (Å²) in [5, 5.41) is 10.0. The molecule has 8 heteroatoms. The lowest BCUT2D eigenvalue weighted by Gasteiger charge is -2.11. The molecular formula is C21H16ClFN4OS. The zero-order valence-corrected chi connectivity index (χ0v) is 16.8. The van der Waals surface area contributed by atoms with Gasteiger partial charge in [-0.1, -0.05) is 29.4 Å². The van der Waals surface area contributed by atoms with Gasteiger partial charge in [-0.25, -0.2) is 4.39 Å². The summed E-state index contributed by atoms with van der Waals surface area (Å²) in [7, 11) is 0. The SMILES string of the molecule is Fc1ccc(-n2c(SCCOc3cccc(Cl)c3)nnc2-c2ccncc2)cc1. The van der Waals surface area contributed by atoms with E-state index in [1.165, 1.54) is 23.9 Å². The molecule has 2 aromatic heterocycles. The van der Waals surface area contributed by atoms with Gasteiger partial charge in [0.05, 0.1) is 6.61 Å². The maximum absolute atomic E-state index is 13.4. The van der Waals surface area contributed by atoms with E-state index in [4.69, 9.17) is 16.3 Å². The Morgan fingerprint density at radius 2 is 1.79 bits per heavy atom. The number of nitrogens with zero attached hydrogens (tertiary/aromatic N) is 4. The lowest BCUT2D eigenvalue weighted by molar-refractivity contribution is 0.344. The molecule has 5 nitrogen and oxygen atoms in total. The van der Waals surface area contributed by atoms with Crippen LogP contribution in [0.3, 0.4) is 0 Å². The average molecular weight is 427 g/mol. The van der Waals surface area contributed by atoms with E-state index in [2.05, 4.69) is 15.2 Å². The highest BCUT2D eigenvalue weighted by Gasteiger charge is 2.16. The molecule has 0 N–H and O–H groups in total. The van der Waals surface area contributed by atoms with E-state index in [0.717, 1.165) is 17.0 Å². The Bertz CT molecular complexity index is 1090. The fraction of sp³-hybridized carbons (Fsp3) is 0.0952. The number of ether oxygens (including phenoxy) is 1. The van der Waals surface area contributed by atoms with Crippen LogP contribution in [0.4, 0.5) is 4.39 Å². The largest absolute Gasteiger partial charge is 0.493 e. The van der Waals surface area contributed by atoms with E-state index in [-0.39, 0.29) is 5.82 Å². The third-order valence-corrected chi connectivity index (χ3v) is 5.16. The molecule has 2 aromatic carbocycles. The van der Waals surface area contributed by atoms with Gasteiger partial charge in [0.25, 0.3) is 0 Å². The maximum atomic E-state index is 13.4. The smallest absolute Gasteiger partial charge is 0.196 e. The Kier molecular flexibility index (Phi) is 6.07. The Balaban J connectivity index is 1.55. The minimum absolute atomic E-state index is 0.295. The molecule has 0 aliphatic carbocycles. The first-order valence-electron chi connectivity index (χ1n) is 8.83. The molecule has 29 heavy (non-hydrogen) atoms. The van der Waals surface area contributed by atoms with Crippen LogP contribution in [0.1, 0.15) is 0 Å². The molecule has 0 bridgehead atoms. The van der Waals surface area contributed by atoms with E-state index in [1.807, 2.05) is 28.8 Å². The minimum Gasteiger partial charge on any atom is -0.493 e. The van der Waals surface area contributed by atoms with E-state index < -0.39 is 0 Å². The molecule has 0 saturated carbocycles. The number of halogens is 2. The van der Waals surface area contributed by atoms with Crippen LogP contribution < -0.4 is 4.74 Å². The maximum Gasteiger partial charge on any atom is 0.196 e. The summed E-state index contributed by atoms with van der Waals surface area (Å²) in [5.41, 5.74) is 1.65. The van der Waals surface area contributed by atoms with Crippen molar-refractivity contribution in [3.05, 3.63) is 83.9 Å². The van der Waals surface area contributed by atoms with Gasteiger partial charge in [-0.3, -0.25) is 9.55 Å². The van der Waals surface area contributed by atoms with Gasteiger partial charge in [0, 0.05) is 34.4 Å². The predicted octanol–water partition coefficient (Wildman–Crippen LogP) is 5.29. The fourth-order valence-electron chi connectivity index (χ4n) is 2.72. The molecule has 0 unspecified atom stereocenters. The Morgan fingerprint density at radius 1 is 1.00 bits per heavy atom. The van der Waals surface area contributed by atoms with Gasteiger partial charge in [-0.2, -0.15) is 0 Å². The van der Waals surface area contributed by atoms with Crippen LogP contribution in [-0.4, -0.2) is 32.1 Å². The zero-order valence-electron chi connectivity index (χ0n) is 15.2. The quantitative estimate of drug-likeness (QED) is 0.297. The average Bonchev–Trinajstić information content (AvgIpc) is 3.16. The van der Waals surface area contributed by atoms with Crippen LogP contribution in [0, 0.1) is 5.82 Å². The summed E-state index contributed by atoms with van der Waals surface area (Å²) in [6.45, 7) is 0.478. The summed E-state index contributed by atoms with van der Waals surface area (Å²) >= 11 is 7.48. The first-order chi connectivity index (χ1) is 14.2. The molecule has 0 spiro atoms. The van der Waals surface area contributed by atoms with Crippen molar-refractivity contribution in [3.63, 3.8) is 0 Å². The van der Waals surface area contributed by atoms with Gasteiger partial charge < -0.3 is 4.74 Å². The number of pyridine rings is 1. The standard InChI is InChI=1S/C21H16ClFN4OS/c22-16-2-1-3-19(14-16)28-12-13-29-21-26-25-20(15-8-10-24-11-9-15)27(21)18-6-4-17(23)5-7-18/h1-11,14H,12-13H2. The number of aromatic nitrogens is 4. The molecule has 4 aromatic rings. The van der Waals surface area contributed by atoms with Crippen LogP contribution in [0.5, 0.6) is 5.75 Å². The molecule has 0 radical (unpaired) electrons. The second-order valence-corrected chi connectivity index (χ2v) is 7.51. The molecule has 2 heterocycles. The zero-order chi connectivity index (χ0) is 20.1. The third-order valence-electron chi connectivity index (χ3n) is 4.04. The van der Waals surface area contributed by atoms with Gasteiger partial charge in [0.2, 0.25) is 0 Å². The van der Waals surface area contributed by atoms with Crippen molar-refractivity contribution in [3.8, 4) is 22.8 Å². The minimum atomic E-state index is -0.295. The molecule has 0 atom stereocenters. The second kappa shape index (κ2) is 9.07. The lowest BCUT2D eigenvalue weighted by atomic mass is 10.2. The summed E-state index contributed by atoms with van der Waals surface area (Å²) in [6.07, 6.45) is 3.40. The van der Waals surface area contributed by atoms with Crippen molar-refractivity contribution in [1.82, 2.24) is 19.7 Å². The van der Waals surface area contributed by atoms with Crippen molar-refractivity contribution in [2.75, 3.05) is 12.4 Å². The van der Waals surface area contributed by atoms with Crippen LogP contribution in [0.25, 0.3) is 17.1 Å². The molecule has 0 fully saturated rings. The van der Waals surface area contributed by atoms with E-state index in [1.54, 1.807) is 36.7 Å². The Morgan fingerprint density at radius 3 is 2.55 bits per heavy atom. The topological polar surface area (TPSA) is 52.8 Å². The first-order valence-corrected chi connectivity index (χ1v) is 10.2. The Hall–Kier alpha value is -2.90. The number of hydrogen-bond acceptors (Lipinski definition) is 5. The van der Waals surface area contributed by atoms with Gasteiger partial charge in [0.15, 0.2) is 11.0 Å². The highest BCUT2D eigenvalue weighted by Crippen LogP contribution is 2.28. The molecule has 146 valence electrons. The van der Waals surface area contributed by atoms with Gasteiger partial charge in [-0.15, -0.1) is 10.2 Å². The van der Waals surface area contributed by atoms with E-state index in [0.29, 0.717) is 28.4 Å². The predicted molar refractivity (Wildman–Crippen MR) is 112 cm³/mol. The molecule has 0 aliphatic heterocycles. The van der Waals surface area contributed by atoms with Crippen molar-refractivity contribution < 1.29 is 9.13 Å². The number of hydrogen-bond donors (Lipinski definition) is 0. The molecule has 0 saturated heterocycles. The summed E-state index contributed by atoms with van der Waals surface area (Å²) in [4.78, 5) is 4.05. The normalized spacial score (nSPS) is 10.8. The number of thioether (sulfide) groups is 1. The lowest BCUT2D eigenvalue weighted by Crippen LogP contribution is -2.03. The van der Waals surface area contributed by atoms with Crippen molar-refractivity contribution in [1.29, 1.82) is 0 Å². The van der Waals surface area contributed by atoms with Crippen LogP contribution in [-0.2, 0) is 0 Å². The molecular weight excluding hydrogens is 411 g/mol. The van der Waals surface area contributed by atoms with Gasteiger partial charge in [0.1, 0.15) is 11.6 Å². The van der Waals surface area contributed by atoms with Crippen LogP contribution in [0.15, 0.2) is 78.2 Å². The third kappa shape index (κ3) is 4.75. The van der Waals surface area contributed by atoms with Crippen LogP contribution >= 0.6 is 23.4 Å². The Labute approximate surface area is 176 Å². The fourth-order valence-corrected chi connectivity index (χ4v) is 3.67. The van der Waals surface area contributed by atoms with Crippen molar-refractivity contribution in [2.24, 2.45) is 0 Å². The molecule has 0 amide bonds. The number of rotatable bonds is 7. The molecule has 0 aliphatic rings. The van der Waals surface area contributed by atoms with Crippen molar-refractivity contribution >= 4 is 23.4 Å². The van der Waals surface area contributed by atoms with Crippen LogP contribution in [0.2, 0.25) is 5.02 Å². The second-order valence-electron chi connectivity index (χ2n) is 6.01. The van der Waals surface area contributed by atoms with Crippen molar-refractivity contribution in [2.45, 2.75) is 5.16 Å². The summed E-state index contributed by atoms with van der Waals surface area (Å²) in [6, 6.07) is 17.2.